The van der Waals surface area contributed by atoms with Crippen molar-refractivity contribution in [2.24, 2.45) is 11.7 Å². The Morgan fingerprint density at radius 1 is 1.22 bits per heavy atom. The Bertz CT molecular complexity index is 677. The van der Waals surface area contributed by atoms with Crippen LogP contribution in [0.4, 0.5) is 4.79 Å². The van der Waals surface area contributed by atoms with Crippen molar-refractivity contribution in [1.82, 2.24) is 10.2 Å². The first kappa shape index (κ1) is 17.3. The number of nitrogens with zero attached hydrogens (tertiary/aromatic N) is 1. The molecule has 0 bridgehead atoms. The normalized spacial score (nSPS) is 16.1. The quantitative estimate of drug-likeness (QED) is 0.832. The van der Waals surface area contributed by atoms with Gasteiger partial charge in [0.25, 0.3) is 0 Å². The molecule has 0 aromatic heterocycles. The molecule has 1 fully saturated rings. The van der Waals surface area contributed by atoms with Gasteiger partial charge in [-0.3, -0.25) is 4.79 Å². The predicted octanol–water partition coefficient (Wildman–Crippen LogP) is 0.497. The third-order valence-electron chi connectivity index (χ3n) is 3.98. The summed E-state index contributed by atoms with van der Waals surface area (Å²) in [6.07, 6.45) is 2.33. The van der Waals surface area contributed by atoms with E-state index in [0.29, 0.717) is 32.5 Å². The van der Waals surface area contributed by atoms with E-state index in [1.165, 1.54) is 12.1 Å². The number of rotatable bonds is 4. The van der Waals surface area contributed by atoms with Crippen molar-refractivity contribution < 1.29 is 18.0 Å². The van der Waals surface area contributed by atoms with Gasteiger partial charge in [-0.05, 0) is 30.5 Å². The van der Waals surface area contributed by atoms with Crippen molar-refractivity contribution in [2.75, 3.05) is 19.3 Å². The van der Waals surface area contributed by atoms with Gasteiger partial charge in [-0.2, -0.15) is 0 Å². The maximum Gasteiger partial charge on any atom is 0.317 e. The van der Waals surface area contributed by atoms with E-state index >= 15 is 0 Å². The summed E-state index contributed by atoms with van der Waals surface area (Å²) in [7, 11) is -3.21. The standard InChI is InChI=1S/C15H21N3O4S/c1-23(21,22)13-4-2-11(3-5-13)10-17-15(20)18-8-6-12(7-9-18)14(16)19/h2-5,12H,6-10H2,1H3,(H2,16,19)(H,17,20). The number of hydrogen-bond acceptors (Lipinski definition) is 4. The Labute approximate surface area is 135 Å². The number of urea groups is 1. The molecule has 0 unspecified atom stereocenters. The van der Waals surface area contributed by atoms with Gasteiger partial charge in [0.05, 0.1) is 4.90 Å². The number of nitrogens with one attached hydrogen (secondary N) is 1. The molecule has 7 nitrogen and oxygen atoms in total. The average molecular weight is 339 g/mol. The molecule has 2 rings (SSSR count). The maximum absolute atomic E-state index is 12.1. The first-order valence-corrected chi connectivity index (χ1v) is 9.27. The first-order chi connectivity index (χ1) is 10.8. The van der Waals surface area contributed by atoms with Gasteiger partial charge < -0.3 is 16.0 Å². The number of carbonyl (C=O) groups excluding carboxylic acids is 2. The number of primary amides is 1. The Morgan fingerprint density at radius 3 is 2.26 bits per heavy atom. The lowest BCUT2D eigenvalue weighted by molar-refractivity contribution is -0.123. The lowest BCUT2D eigenvalue weighted by atomic mass is 9.96. The molecule has 1 heterocycles. The number of piperidine rings is 1. The second-order valence-corrected chi connectivity index (χ2v) is 7.75. The van der Waals surface area contributed by atoms with Crippen LogP contribution in [0.5, 0.6) is 0 Å². The van der Waals surface area contributed by atoms with E-state index in [0.717, 1.165) is 11.8 Å². The van der Waals surface area contributed by atoms with Crippen LogP contribution in [0.25, 0.3) is 0 Å². The topological polar surface area (TPSA) is 110 Å². The van der Waals surface area contributed by atoms with E-state index in [9.17, 15) is 18.0 Å². The second-order valence-electron chi connectivity index (χ2n) is 5.74. The van der Waals surface area contributed by atoms with E-state index in [4.69, 9.17) is 5.73 Å². The largest absolute Gasteiger partial charge is 0.369 e. The fourth-order valence-electron chi connectivity index (χ4n) is 2.51. The molecule has 1 aliphatic rings. The van der Waals surface area contributed by atoms with Gasteiger partial charge in [0.15, 0.2) is 9.84 Å². The monoisotopic (exact) mass is 339 g/mol. The highest BCUT2D eigenvalue weighted by Crippen LogP contribution is 2.16. The van der Waals surface area contributed by atoms with Gasteiger partial charge in [0.1, 0.15) is 0 Å². The molecule has 1 aromatic rings. The molecule has 0 radical (unpaired) electrons. The number of amides is 3. The molecule has 1 aromatic carbocycles. The molecule has 0 saturated carbocycles. The Hall–Kier alpha value is -2.09. The Balaban J connectivity index is 1.84. The number of carbonyl (C=O) groups is 2. The SMILES string of the molecule is CS(=O)(=O)c1ccc(CNC(=O)N2CCC(C(N)=O)CC2)cc1. The zero-order chi connectivity index (χ0) is 17.0. The van der Waals surface area contributed by atoms with Crippen LogP contribution in [0.2, 0.25) is 0 Å². The third-order valence-corrected chi connectivity index (χ3v) is 5.11. The number of hydrogen-bond donors (Lipinski definition) is 2. The van der Waals surface area contributed by atoms with Crippen LogP contribution in [0.15, 0.2) is 29.2 Å². The fraction of sp³-hybridized carbons (Fsp3) is 0.467. The summed E-state index contributed by atoms with van der Waals surface area (Å²) in [5, 5.41) is 2.79. The average Bonchev–Trinajstić information content (AvgIpc) is 2.52. The van der Waals surface area contributed by atoms with Gasteiger partial charge in [-0.15, -0.1) is 0 Å². The van der Waals surface area contributed by atoms with Crippen LogP contribution in [0.3, 0.4) is 0 Å². The highest BCUT2D eigenvalue weighted by atomic mass is 32.2. The molecule has 0 aliphatic carbocycles. The smallest absolute Gasteiger partial charge is 0.317 e. The van der Waals surface area contributed by atoms with Crippen molar-refractivity contribution in [1.29, 1.82) is 0 Å². The number of benzene rings is 1. The van der Waals surface area contributed by atoms with Crippen molar-refractivity contribution in [3.63, 3.8) is 0 Å². The molecule has 23 heavy (non-hydrogen) atoms. The van der Waals surface area contributed by atoms with E-state index < -0.39 is 9.84 Å². The first-order valence-electron chi connectivity index (χ1n) is 7.38. The van der Waals surface area contributed by atoms with E-state index in [1.54, 1.807) is 17.0 Å². The minimum Gasteiger partial charge on any atom is -0.369 e. The minimum atomic E-state index is -3.21. The highest BCUT2D eigenvalue weighted by molar-refractivity contribution is 7.90. The molecule has 8 heteroatoms. The van der Waals surface area contributed by atoms with Crippen LogP contribution in [-0.2, 0) is 21.2 Å². The van der Waals surface area contributed by atoms with E-state index in [2.05, 4.69) is 5.32 Å². The molecular weight excluding hydrogens is 318 g/mol. The molecule has 1 aliphatic heterocycles. The Morgan fingerprint density at radius 2 is 1.78 bits per heavy atom. The van der Waals surface area contributed by atoms with Crippen LogP contribution in [0.1, 0.15) is 18.4 Å². The lowest BCUT2D eigenvalue weighted by Crippen LogP contribution is -2.46. The third kappa shape index (κ3) is 4.69. The summed E-state index contributed by atoms with van der Waals surface area (Å²) < 4.78 is 22.8. The predicted molar refractivity (Wildman–Crippen MR) is 85.3 cm³/mol. The number of sulfone groups is 1. The van der Waals surface area contributed by atoms with Crippen LogP contribution in [0, 0.1) is 5.92 Å². The van der Waals surface area contributed by atoms with Crippen LogP contribution in [-0.4, -0.2) is 44.6 Å². The van der Waals surface area contributed by atoms with Crippen LogP contribution >= 0.6 is 0 Å². The van der Waals surface area contributed by atoms with Crippen molar-refractivity contribution in [3.8, 4) is 0 Å². The number of nitrogens with two attached hydrogens (primary N) is 1. The molecule has 1 saturated heterocycles. The molecule has 3 N–H and O–H groups in total. The summed E-state index contributed by atoms with van der Waals surface area (Å²) >= 11 is 0. The van der Waals surface area contributed by atoms with Gasteiger partial charge >= 0.3 is 6.03 Å². The van der Waals surface area contributed by atoms with Crippen molar-refractivity contribution in [3.05, 3.63) is 29.8 Å². The molecule has 126 valence electrons. The van der Waals surface area contributed by atoms with Crippen molar-refractivity contribution in [2.45, 2.75) is 24.3 Å². The summed E-state index contributed by atoms with van der Waals surface area (Å²) in [6, 6.07) is 6.20. The Kier molecular flexibility index (Phi) is 5.25. The zero-order valence-electron chi connectivity index (χ0n) is 13.0. The zero-order valence-corrected chi connectivity index (χ0v) is 13.8. The van der Waals surface area contributed by atoms with Gasteiger partial charge in [0, 0.05) is 31.8 Å². The summed E-state index contributed by atoms with van der Waals surface area (Å²) in [5.41, 5.74) is 6.08. The van der Waals surface area contributed by atoms with Gasteiger partial charge in [-0.25, -0.2) is 13.2 Å². The summed E-state index contributed by atoms with van der Waals surface area (Å²) in [4.78, 5) is 25.1. The molecule has 0 atom stereocenters. The van der Waals surface area contributed by atoms with E-state index in [-0.39, 0.29) is 22.8 Å². The molecular formula is C15H21N3O4S. The summed E-state index contributed by atoms with van der Waals surface area (Å²) in [6.45, 7) is 1.33. The van der Waals surface area contributed by atoms with Gasteiger partial charge in [0.2, 0.25) is 5.91 Å². The van der Waals surface area contributed by atoms with E-state index in [1.807, 2.05) is 0 Å². The van der Waals surface area contributed by atoms with Crippen molar-refractivity contribution >= 4 is 21.8 Å². The fourth-order valence-corrected chi connectivity index (χ4v) is 3.14. The maximum atomic E-state index is 12.1. The highest BCUT2D eigenvalue weighted by Gasteiger charge is 2.25. The summed E-state index contributed by atoms with van der Waals surface area (Å²) in [5.74, 6) is -0.460. The molecule has 0 spiro atoms. The molecule has 3 amide bonds. The second kappa shape index (κ2) is 6.99. The van der Waals surface area contributed by atoms with Crippen LogP contribution < -0.4 is 11.1 Å². The number of likely N-dealkylation sites (tertiary alicyclic amines) is 1. The van der Waals surface area contributed by atoms with Gasteiger partial charge in [-0.1, -0.05) is 12.1 Å². The minimum absolute atomic E-state index is 0.150. The lowest BCUT2D eigenvalue weighted by Gasteiger charge is -2.30.